The molecule has 0 unspecified atom stereocenters. The van der Waals surface area contributed by atoms with Crippen molar-refractivity contribution in [3.05, 3.63) is 23.1 Å². The predicted octanol–water partition coefficient (Wildman–Crippen LogP) is 2.08. The molecule has 2 heteroatoms. The second-order valence-electron chi connectivity index (χ2n) is 1.76. The van der Waals surface area contributed by atoms with Crippen molar-refractivity contribution in [2.75, 3.05) is 0 Å². The summed E-state index contributed by atoms with van der Waals surface area (Å²) in [4.78, 5) is 0. The van der Waals surface area contributed by atoms with Crippen molar-refractivity contribution in [1.82, 2.24) is 4.75 Å². The summed E-state index contributed by atoms with van der Waals surface area (Å²) in [6, 6.07) is 0. The highest BCUT2D eigenvalue weighted by Crippen LogP contribution is 2.06. The van der Waals surface area contributed by atoms with Crippen molar-refractivity contribution in [3.63, 3.8) is 0 Å². The Morgan fingerprint density at radius 1 is 1.62 bits per heavy atom. The Bertz CT molecular complexity index is 165. The number of hydrogen-bond donors (Lipinski definition) is 0. The number of aryl methyl sites for hydroxylation is 2. The quantitative estimate of drug-likeness (QED) is 0.516. The van der Waals surface area contributed by atoms with Crippen molar-refractivity contribution in [1.29, 1.82) is 0 Å². The van der Waals surface area contributed by atoms with E-state index < -0.39 is 0 Å². The molecule has 0 saturated heterocycles. The molecule has 0 spiro atoms. The Labute approximate surface area is 50.9 Å². The molecular weight excluding hydrogens is 117 g/mol. The van der Waals surface area contributed by atoms with E-state index >= 15 is 0 Å². The summed E-state index contributed by atoms with van der Waals surface area (Å²) in [6.07, 6.45) is 2.89. The molecule has 1 nitrogen and oxygen atoms in total. The van der Waals surface area contributed by atoms with Gasteiger partial charge in [0, 0.05) is 8.35 Å². The summed E-state index contributed by atoms with van der Waals surface area (Å²) in [5.74, 6) is 2.08. The third kappa shape index (κ3) is 1.05. The number of nitrogens with zero attached hydrogens (tertiary/aromatic N) is 1. The van der Waals surface area contributed by atoms with Crippen LogP contribution in [0, 0.1) is 20.0 Å². The lowest BCUT2D eigenvalue weighted by Crippen LogP contribution is -1.76. The van der Waals surface area contributed by atoms with Gasteiger partial charge < -0.3 is 0 Å². The first-order valence-corrected chi connectivity index (χ1v) is 3.39. The smallest absolute Gasteiger partial charge is 0.0974 e. The van der Waals surface area contributed by atoms with Gasteiger partial charge in [-0.05, 0) is 30.8 Å². The van der Waals surface area contributed by atoms with Gasteiger partial charge in [0.1, 0.15) is 0 Å². The van der Waals surface area contributed by atoms with Gasteiger partial charge in [-0.2, -0.15) is 0 Å². The monoisotopic (exact) mass is 124 g/mol. The average molecular weight is 124 g/mol. The summed E-state index contributed by atoms with van der Waals surface area (Å²) in [6.45, 7) is 4.09. The fourth-order valence-corrected chi connectivity index (χ4v) is 1.04. The first kappa shape index (κ1) is 5.71. The SMILES string of the molecule is Cc1[c]npcc1C. The van der Waals surface area contributed by atoms with Crippen LogP contribution >= 0.6 is 8.35 Å². The van der Waals surface area contributed by atoms with Crippen LogP contribution in [0.5, 0.6) is 0 Å². The normalized spacial score (nSPS) is 10.2. The Morgan fingerprint density at radius 2 is 2.38 bits per heavy atom. The molecule has 0 saturated carbocycles. The minimum Gasteiger partial charge on any atom is -0.225 e. The maximum atomic E-state index is 3.92. The van der Waals surface area contributed by atoms with Gasteiger partial charge >= 0.3 is 0 Å². The van der Waals surface area contributed by atoms with Gasteiger partial charge in [-0.25, -0.2) is 4.75 Å². The maximum Gasteiger partial charge on any atom is 0.0974 e. The number of hydrogen-bond acceptors (Lipinski definition) is 1. The van der Waals surface area contributed by atoms with Crippen LogP contribution in [0.3, 0.4) is 0 Å². The van der Waals surface area contributed by atoms with E-state index in [2.05, 4.69) is 23.7 Å². The fourth-order valence-electron chi connectivity index (χ4n) is 0.404. The fraction of sp³-hybridized carbons (Fsp3) is 0.333. The highest BCUT2D eigenvalue weighted by atomic mass is 31.0. The van der Waals surface area contributed by atoms with Crippen LogP contribution < -0.4 is 0 Å². The third-order valence-corrected chi connectivity index (χ3v) is 1.84. The van der Waals surface area contributed by atoms with Crippen LogP contribution in [-0.4, -0.2) is 4.75 Å². The summed E-state index contributed by atoms with van der Waals surface area (Å²) >= 11 is 0. The van der Waals surface area contributed by atoms with Gasteiger partial charge in [0.05, 0.1) is 6.20 Å². The summed E-state index contributed by atoms with van der Waals surface area (Å²) in [7, 11) is 1.02. The molecule has 41 valence electrons. The van der Waals surface area contributed by atoms with E-state index in [9.17, 15) is 0 Å². The molecule has 0 aromatic carbocycles. The lowest BCUT2D eigenvalue weighted by atomic mass is 10.2. The van der Waals surface area contributed by atoms with E-state index in [0.29, 0.717) is 0 Å². The number of aromatic nitrogens is 1. The third-order valence-electron chi connectivity index (χ3n) is 1.12. The topological polar surface area (TPSA) is 12.9 Å². The van der Waals surface area contributed by atoms with Gasteiger partial charge in [0.2, 0.25) is 0 Å². The molecule has 0 aliphatic rings. The van der Waals surface area contributed by atoms with Gasteiger partial charge in [0.25, 0.3) is 0 Å². The molecule has 0 atom stereocenters. The van der Waals surface area contributed by atoms with Gasteiger partial charge in [-0.1, -0.05) is 0 Å². The first-order chi connectivity index (χ1) is 3.80. The zero-order chi connectivity index (χ0) is 5.98. The highest BCUT2D eigenvalue weighted by Gasteiger charge is 1.86. The Morgan fingerprint density at radius 3 is 2.75 bits per heavy atom. The lowest BCUT2D eigenvalue weighted by Gasteiger charge is -1.90. The van der Waals surface area contributed by atoms with Crippen LogP contribution in [-0.2, 0) is 0 Å². The molecular formula is C6H7NP. The van der Waals surface area contributed by atoms with Crippen LogP contribution in [0.1, 0.15) is 11.1 Å². The zero-order valence-electron chi connectivity index (χ0n) is 4.97. The minimum atomic E-state index is 1.02. The van der Waals surface area contributed by atoms with Gasteiger partial charge in [-0.3, -0.25) is 0 Å². The average Bonchev–Trinajstić information content (AvgIpc) is 1.77. The van der Waals surface area contributed by atoms with E-state index in [4.69, 9.17) is 0 Å². The largest absolute Gasteiger partial charge is 0.225 e. The first-order valence-electron chi connectivity index (χ1n) is 2.47. The van der Waals surface area contributed by atoms with Crippen LogP contribution in [0.2, 0.25) is 0 Å². The Kier molecular flexibility index (Phi) is 1.59. The van der Waals surface area contributed by atoms with E-state index in [-0.39, 0.29) is 0 Å². The molecule has 0 fully saturated rings. The molecule has 1 aromatic heterocycles. The molecule has 1 radical (unpaired) electrons. The molecule has 8 heavy (non-hydrogen) atoms. The zero-order valence-corrected chi connectivity index (χ0v) is 5.87. The van der Waals surface area contributed by atoms with Crippen molar-refractivity contribution in [3.8, 4) is 0 Å². The lowest BCUT2D eigenvalue weighted by molar-refractivity contribution is 1.30. The number of rotatable bonds is 0. The Hall–Kier alpha value is -0.420. The minimum absolute atomic E-state index is 1.02. The predicted molar refractivity (Wildman–Crippen MR) is 35.1 cm³/mol. The van der Waals surface area contributed by atoms with Gasteiger partial charge in [0.15, 0.2) is 0 Å². The van der Waals surface area contributed by atoms with Crippen molar-refractivity contribution < 1.29 is 0 Å². The molecule has 0 bridgehead atoms. The molecule has 0 aliphatic carbocycles. The molecule has 1 aromatic rings. The maximum absolute atomic E-state index is 3.92. The van der Waals surface area contributed by atoms with E-state index in [1.165, 1.54) is 5.56 Å². The van der Waals surface area contributed by atoms with Crippen molar-refractivity contribution in [2.24, 2.45) is 0 Å². The summed E-state index contributed by atoms with van der Waals surface area (Å²) < 4.78 is 3.92. The second-order valence-corrected chi connectivity index (χ2v) is 2.45. The molecule has 0 aliphatic heterocycles. The van der Waals surface area contributed by atoms with Crippen LogP contribution in [0.25, 0.3) is 0 Å². The van der Waals surface area contributed by atoms with Crippen molar-refractivity contribution in [2.45, 2.75) is 13.8 Å². The molecule has 0 N–H and O–H groups in total. The van der Waals surface area contributed by atoms with E-state index in [0.717, 1.165) is 13.9 Å². The van der Waals surface area contributed by atoms with Crippen LogP contribution in [0.4, 0.5) is 0 Å². The Balaban J connectivity index is 3.13. The van der Waals surface area contributed by atoms with E-state index in [1.807, 2.05) is 6.92 Å². The van der Waals surface area contributed by atoms with E-state index in [1.54, 1.807) is 0 Å². The summed E-state index contributed by atoms with van der Waals surface area (Å²) in [5.41, 5.74) is 2.45. The standard InChI is InChI=1S/C6H7NP/c1-5-3-7-8-4-6(5)2/h4H,1-2H3. The van der Waals surface area contributed by atoms with Crippen molar-refractivity contribution >= 4 is 8.35 Å². The summed E-state index contributed by atoms with van der Waals surface area (Å²) in [5, 5.41) is 0. The van der Waals surface area contributed by atoms with Gasteiger partial charge in [-0.15, -0.1) is 0 Å². The molecule has 1 heterocycles. The molecule has 0 amide bonds. The molecule has 1 rings (SSSR count). The second kappa shape index (κ2) is 2.23. The van der Waals surface area contributed by atoms with Crippen LogP contribution in [0.15, 0.2) is 5.80 Å². The highest BCUT2D eigenvalue weighted by molar-refractivity contribution is 7.24.